The van der Waals surface area contributed by atoms with Gasteiger partial charge in [-0.15, -0.1) is 0 Å². The largest absolute Gasteiger partial charge is 0.416 e. The van der Waals surface area contributed by atoms with Crippen LogP contribution in [0.2, 0.25) is 0 Å². The number of carbonyl (C=O) groups is 1. The summed E-state index contributed by atoms with van der Waals surface area (Å²) in [7, 11) is -4.07. The Balaban J connectivity index is 1.30. The van der Waals surface area contributed by atoms with Crippen molar-refractivity contribution in [3.63, 3.8) is 0 Å². The molecule has 7 nitrogen and oxygen atoms in total. The average molecular weight is 492 g/mol. The maximum Gasteiger partial charge on any atom is 0.416 e. The standard InChI is InChI=1S/C23H19F3N2O5S/c24-23(25,26)19-5-7-20(8-6-19)34(31,32)28-11-16-9-27(10-17(16)12-28)21(29)15-1-3-18(4-2-15)22(30)13-33-14-22/h1-8,11-12,30H,9-10,13-14H2. The lowest BCUT2D eigenvalue weighted by atomic mass is 9.91. The predicted molar refractivity (Wildman–Crippen MR) is 113 cm³/mol. The molecule has 1 fully saturated rings. The van der Waals surface area contributed by atoms with Crippen LogP contribution in [-0.2, 0) is 39.6 Å². The molecule has 0 saturated carbocycles. The highest BCUT2D eigenvalue weighted by molar-refractivity contribution is 7.90. The molecule has 11 heteroatoms. The summed E-state index contributed by atoms with van der Waals surface area (Å²) in [6.45, 7) is 0.813. The summed E-state index contributed by atoms with van der Waals surface area (Å²) in [6.07, 6.45) is -1.80. The molecule has 1 amide bonds. The Morgan fingerprint density at radius 2 is 1.50 bits per heavy atom. The van der Waals surface area contributed by atoms with Crippen LogP contribution in [0.5, 0.6) is 0 Å². The van der Waals surface area contributed by atoms with E-state index >= 15 is 0 Å². The number of rotatable bonds is 4. The van der Waals surface area contributed by atoms with Gasteiger partial charge in [0, 0.05) is 31.0 Å². The lowest BCUT2D eigenvalue weighted by molar-refractivity contribution is -0.184. The van der Waals surface area contributed by atoms with Crippen molar-refractivity contribution >= 4 is 15.9 Å². The van der Waals surface area contributed by atoms with E-state index in [0.717, 1.165) is 28.2 Å². The Kier molecular flexibility index (Phi) is 5.12. The molecular weight excluding hydrogens is 473 g/mol. The van der Waals surface area contributed by atoms with Crippen LogP contribution in [0.15, 0.2) is 65.8 Å². The first kappa shape index (κ1) is 22.6. The zero-order chi connectivity index (χ0) is 24.3. The third-order valence-corrected chi connectivity index (χ3v) is 7.73. The number of amides is 1. The number of aromatic nitrogens is 1. The number of benzene rings is 2. The second-order valence-electron chi connectivity index (χ2n) is 8.43. The van der Waals surface area contributed by atoms with E-state index < -0.39 is 27.4 Å². The number of fused-ring (bicyclic) bond motifs is 1. The van der Waals surface area contributed by atoms with Crippen LogP contribution in [0.3, 0.4) is 0 Å². The van der Waals surface area contributed by atoms with Gasteiger partial charge in [0.1, 0.15) is 5.60 Å². The van der Waals surface area contributed by atoms with Crippen LogP contribution in [0.4, 0.5) is 13.2 Å². The summed E-state index contributed by atoms with van der Waals surface area (Å²) < 4.78 is 70.0. The number of alkyl halides is 3. The molecule has 34 heavy (non-hydrogen) atoms. The number of halogens is 3. The Morgan fingerprint density at radius 1 is 0.941 bits per heavy atom. The normalized spacial score (nSPS) is 17.4. The first-order valence-electron chi connectivity index (χ1n) is 10.3. The van der Waals surface area contributed by atoms with Gasteiger partial charge in [0.05, 0.1) is 23.7 Å². The molecule has 5 rings (SSSR count). The van der Waals surface area contributed by atoms with E-state index in [0.29, 0.717) is 22.3 Å². The van der Waals surface area contributed by atoms with Gasteiger partial charge in [0.15, 0.2) is 0 Å². The summed E-state index contributed by atoms with van der Waals surface area (Å²) in [6, 6.07) is 9.94. The molecule has 3 heterocycles. The second kappa shape index (κ2) is 7.69. The molecule has 2 aromatic carbocycles. The fourth-order valence-electron chi connectivity index (χ4n) is 4.05. The molecule has 0 spiro atoms. The molecule has 0 bridgehead atoms. The topological polar surface area (TPSA) is 88.8 Å². The van der Waals surface area contributed by atoms with Crippen molar-refractivity contribution in [2.75, 3.05) is 13.2 Å². The molecule has 0 aliphatic carbocycles. The smallest absolute Gasteiger partial charge is 0.380 e. The molecule has 2 aliphatic heterocycles. The summed E-state index contributed by atoms with van der Waals surface area (Å²) in [5.74, 6) is -0.239. The van der Waals surface area contributed by atoms with Crippen molar-refractivity contribution in [1.82, 2.24) is 8.87 Å². The maximum atomic E-state index is 12.9. The number of hydrogen-bond acceptors (Lipinski definition) is 5. The van der Waals surface area contributed by atoms with E-state index in [4.69, 9.17) is 4.74 Å². The van der Waals surface area contributed by atoms with Gasteiger partial charge in [0.25, 0.3) is 15.9 Å². The first-order chi connectivity index (χ1) is 16.0. The van der Waals surface area contributed by atoms with Crippen molar-refractivity contribution in [2.24, 2.45) is 0 Å². The monoisotopic (exact) mass is 492 g/mol. The number of aliphatic hydroxyl groups is 1. The van der Waals surface area contributed by atoms with Gasteiger partial charge in [0.2, 0.25) is 0 Å². The van der Waals surface area contributed by atoms with Crippen LogP contribution in [0.1, 0.15) is 32.6 Å². The summed E-state index contributed by atoms with van der Waals surface area (Å²) in [5.41, 5.74) is 0.428. The van der Waals surface area contributed by atoms with E-state index in [1.807, 2.05) is 0 Å². The fraction of sp³-hybridized carbons (Fsp3) is 0.261. The van der Waals surface area contributed by atoms with Crippen molar-refractivity contribution in [3.8, 4) is 0 Å². The average Bonchev–Trinajstić information content (AvgIpc) is 3.37. The Labute approximate surface area is 193 Å². The maximum absolute atomic E-state index is 12.9. The lowest BCUT2D eigenvalue weighted by Crippen LogP contribution is -2.46. The van der Waals surface area contributed by atoms with E-state index in [1.54, 1.807) is 29.2 Å². The quantitative estimate of drug-likeness (QED) is 0.605. The molecule has 3 aromatic rings. The second-order valence-corrected chi connectivity index (χ2v) is 10.3. The van der Waals surface area contributed by atoms with Crippen LogP contribution >= 0.6 is 0 Å². The summed E-state index contributed by atoms with van der Waals surface area (Å²) >= 11 is 0. The van der Waals surface area contributed by atoms with Crippen LogP contribution in [0, 0.1) is 0 Å². The number of ether oxygens (including phenoxy) is 1. The molecule has 1 aromatic heterocycles. The van der Waals surface area contributed by atoms with E-state index in [1.165, 1.54) is 12.4 Å². The van der Waals surface area contributed by atoms with E-state index in [-0.39, 0.29) is 37.1 Å². The van der Waals surface area contributed by atoms with Crippen LogP contribution in [0.25, 0.3) is 0 Å². The van der Waals surface area contributed by atoms with E-state index in [2.05, 4.69) is 0 Å². The minimum absolute atomic E-state index is 0.198. The highest BCUT2D eigenvalue weighted by Crippen LogP contribution is 2.32. The van der Waals surface area contributed by atoms with Gasteiger partial charge in [-0.25, -0.2) is 12.4 Å². The summed E-state index contributed by atoms with van der Waals surface area (Å²) in [5, 5.41) is 10.3. The molecule has 2 aliphatic rings. The molecule has 0 atom stereocenters. The van der Waals surface area contributed by atoms with Crippen molar-refractivity contribution in [2.45, 2.75) is 29.8 Å². The predicted octanol–water partition coefficient (Wildman–Crippen LogP) is 3.12. The minimum Gasteiger partial charge on any atom is -0.380 e. The SMILES string of the molecule is O=C(c1ccc(C2(O)COC2)cc1)N1Cc2cn(S(=O)(=O)c3ccc(C(F)(F)F)cc3)cc2C1. The van der Waals surface area contributed by atoms with Gasteiger partial charge in [-0.05, 0) is 53.1 Å². The van der Waals surface area contributed by atoms with Gasteiger partial charge in [-0.2, -0.15) is 13.2 Å². The zero-order valence-electron chi connectivity index (χ0n) is 17.6. The Hall–Kier alpha value is -3.15. The molecule has 178 valence electrons. The fourth-order valence-corrected chi connectivity index (χ4v) is 5.31. The lowest BCUT2D eigenvalue weighted by Gasteiger charge is -2.36. The van der Waals surface area contributed by atoms with Gasteiger partial charge >= 0.3 is 6.18 Å². The Morgan fingerprint density at radius 3 is 1.97 bits per heavy atom. The third kappa shape index (κ3) is 3.79. The number of hydrogen-bond donors (Lipinski definition) is 1. The van der Waals surface area contributed by atoms with Crippen LogP contribution < -0.4 is 0 Å². The third-order valence-electron chi connectivity index (χ3n) is 6.10. The van der Waals surface area contributed by atoms with Crippen molar-refractivity contribution in [1.29, 1.82) is 0 Å². The number of carbonyl (C=O) groups excluding carboxylic acids is 1. The van der Waals surface area contributed by atoms with E-state index in [9.17, 15) is 31.5 Å². The molecule has 1 saturated heterocycles. The highest BCUT2D eigenvalue weighted by Gasteiger charge is 2.38. The van der Waals surface area contributed by atoms with Gasteiger partial charge in [-0.3, -0.25) is 4.79 Å². The highest BCUT2D eigenvalue weighted by atomic mass is 32.2. The molecule has 0 unspecified atom stereocenters. The van der Waals surface area contributed by atoms with Gasteiger partial charge in [-0.1, -0.05) is 12.1 Å². The molecule has 0 radical (unpaired) electrons. The molecular formula is C23H19F3N2O5S. The summed E-state index contributed by atoms with van der Waals surface area (Å²) in [4.78, 5) is 14.2. The Bertz CT molecular complexity index is 1340. The van der Waals surface area contributed by atoms with Crippen LogP contribution in [-0.4, -0.2) is 41.5 Å². The zero-order valence-corrected chi connectivity index (χ0v) is 18.4. The number of nitrogens with zero attached hydrogens (tertiary/aromatic N) is 2. The minimum atomic E-state index is -4.56. The molecule has 1 N–H and O–H groups in total. The van der Waals surface area contributed by atoms with Crippen molar-refractivity contribution < 1.29 is 36.2 Å². The van der Waals surface area contributed by atoms with Gasteiger partial charge < -0.3 is 14.7 Å². The van der Waals surface area contributed by atoms with Crippen molar-refractivity contribution in [3.05, 3.63) is 88.7 Å². The first-order valence-corrected chi connectivity index (χ1v) is 11.7.